The van der Waals surface area contributed by atoms with Gasteiger partial charge in [0, 0.05) is 24.6 Å². The van der Waals surface area contributed by atoms with Gasteiger partial charge in [-0.3, -0.25) is 10.1 Å². The number of aromatic nitrogens is 1. The summed E-state index contributed by atoms with van der Waals surface area (Å²) in [7, 11) is 0. The number of hydrogen-bond donors (Lipinski definition) is 1. The van der Waals surface area contributed by atoms with Gasteiger partial charge in [0.15, 0.2) is 0 Å². The lowest BCUT2D eigenvalue weighted by Gasteiger charge is -2.13. The predicted octanol–water partition coefficient (Wildman–Crippen LogP) is 1.43. The van der Waals surface area contributed by atoms with E-state index in [4.69, 9.17) is 9.84 Å². The lowest BCUT2D eigenvalue weighted by molar-refractivity contribution is -0.385. The number of carboxylic acid groups (broad SMARTS) is 1. The van der Waals surface area contributed by atoms with Crippen molar-refractivity contribution in [2.75, 3.05) is 13.1 Å². The molecule has 1 amide bonds. The number of likely N-dealkylation sites (tertiary alicyclic amines) is 1. The molecule has 1 fully saturated rings. The van der Waals surface area contributed by atoms with Crippen LogP contribution in [0.4, 0.5) is 10.5 Å². The molecular weight excluding hydrogens is 254 g/mol. The summed E-state index contributed by atoms with van der Waals surface area (Å²) < 4.78 is 5.53. The minimum Gasteiger partial charge on any atom is -0.472 e. The smallest absolute Gasteiger partial charge is 0.407 e. The number of ether oxygens (including phenoxy) is 1. The van der Waals surface area contributed by atoms with E-state index in [0.717, 1.165) is 6.20 Å². The van der Waals surface area contributed by atoms with Crippen LogP contribution in [0.25, 0.3) is 0 Å². The number of carbonyl (C=O) groups is 1. The van der Waals surface area contributed by atoms with Crippen molar-refractivity contribution >= 4 is 11.8 Å². The van der Waals surface area contributed by atoms with E-state index in [1.807, 2.05) is 0 Å². The topological polar surface area (TPSA) is 106 Å². The van der Waals surface area contributed by atoms with E-state index in [9.17, 15) is 14.9 Å². The summed E-state index contributed by atoms with van der Waals surface area (Å²) in [6.07, 6.45) is 0.502. The number of rotatable bonds is 3. The second kappa shape index (κ2) is 5.09. The number of aryl methyl sites for hydroxylation is 1. The number of pyridine rings is 1. The number of nitrogens with zero attached hydrogens (tertiary/aromatic N) is 3. The maximum Gasteiger partial charge on any atom is 0.407 e. The van der Waals surface area contributed by atoms with E-state index in [-0.39, 0.29) is 24.2 Å². The third-order valence-electron chi connectivity index (χ3n) is 2.96. The summed E-state index contributed by atoms with van der Waals surface area (Å²) in [6, 6.07) is 1.49. The van der Waals surface area contributed by atoms with Crippen molar-refractivity contribution in [3.63, 3.8) is 0 Å². The van der Waals surface area contributed by atoms with Crippen molar-refractivity contribution in [3.05, 3.63) is 27.9 Å². The molecule has 1 unspecified atom stereocenters. The number of hydrogen-bond acceptors (Lipinski definition) is 5. The molecular formula is C11H13N3O5. The van der Waals surface area contributed by atoms with E-state index in [1.165, 1.54) is 11.0 Å². The Bertz CT molecular complexity index is 519. The zero-order chi connectivity index (χ0) is 14.0. The normalized spacial score (nSPS) is 18.4. The van der Waals surface area contributed by atoms with E-state index >= 15 is 0 Å². The highest BCUT2D eigenvalue weighted by Gasteiger charge is 2.27. The summed E-state index contributed by atoms with van der Waals surface area (Å²) in [4.78, 5) is 26.0. The molecule has 0 bridgehead atoms. The lowest BCUT2D eigenvalue weighted by atomic mass is 10.2. The maximum absolute atomic E-state index is 10.8. The van der Waals surface area contributed by atoms with E-state index in [0.29, 0.717) is 18.5 Å². The van der Waals surface area contributed by atoms with Crippen LogP contribution in [-0.4, -0.2) is 45.2 Å². The van der Waals surface area contributed by atoms with Gasteiger partial charge in [-0.15, -0.1) is 0 Å². The monoisotopic (exact) mass is 267 g/mol. The molecule has 1 saturated heterocycles. The standard InChI is InChI=1S/C11H13N3O5/c1-7-4-10(12-5-9(7)14(17)18)19-8-2-3-13(6-8)11(15)16/h4-5,8H,2-3,6H2,1H3,(H,15,16). The Morgan fingerprint density at radius 3 is 2.95 bits per heavy atom. The average molecular weight is 267 g/mol. The zero-order valence-corrected chi connectivity index (χ0v) is 10.3. The van der Waals surface area contributed by atoms with E-state index < -0.39 is 11.0 Å². The molecule has 102 valence electrons. The van der Waals surface area contributed by atoms with Crippen LogP contribution < -0.4 is 4.74 Å². The highest BCUT2D eigenvalue weighted by molar-refractivity contribution is 5.65. The second-order valence-corrected chi connectivity index (χ2v) is 4.32. The van der Waals surface area contributed by atoms with Gasteiger partial charge in [-0.2, -0.15) is 0 Å². The summed E-state index contributed by atoms with van der Waals surface area (Å²) in [5, 5.41) is 19.5. The van der Waals surface area contributed by atoms with Gasteiger partial charge < -0.3 is 14.7 Å². The van der Waals surface area contributed by atoms with Crippen LogP contribution in [0.3, 0.4) is 0 Å². The first-order chi connectivity index (χ1) is 8.97. The Balaban J connectivity index is 2.03. The van der Waals surface area contributed by atoms with E-state index in [2.05, 4.69) is 4.98 Å². The van der Waals surface area contributed by atoms with Gasteiger partial charge >= 0.3 is 6.09 Å². The van der Waals surface area contributed by atoms with Gasteiger partial charge in [0.05, 0.1) is 11.5 Å². The fraction of sp³-hybridized carbons (Fsp3) is 0.455. The summed E-state index contributed by atoms with van der Waals surface area (Å²) in [5.74, 6) is 0.278. The molecule has 1 atom stereocenters. The molecule has 0 aromatic carbocycles. The first-order valence-electron chi connectivity index (χ1n) is 5.73. The number of amides is 1. The Kier molecular flexibility index (Phi) is 3.50. The Hall–Kier alpha value is -2.38. The Morgan fingerprint density at radius 1 is 1.68 bits per heavy atom. The van der Waals surface area contributed by atoms with Crippen molar-refractivity contribution in [3.8, 4) is 5.88 Å². The van der Waals surface area contributed by atoms with Crippen LogP contribution in [-0.2, 0) is 0 Å². The summed E-state index contributed by atoms with van der Waals surface area (Å²) in [6.45, 7) is 2.31. The van der Waals surface area contributed by atoms with Gasteiger partial charge in [0.1, 0.15) is 12.3 Å². The van der Waals surface area contributed by atoms with Crippen LogP contribution in [0, 0.1) is 17.0 Å². The Labute approximate surface area is 108 Å². The molecule has 19 heavy (non-hydrogen) atoms. The van der Waals surface area contributed by atoms with Crippen molar-refractivity contribution in [1.29, 1.82) is 0 Å². The van der Waals surface area contributed by atoms with Crippen LogP contribution in [0.5, 0.6) is 5.88 Å². The quantitative estimate of drug-likeness (QED) is 0.655. The SMILES string of the molecule is Cc1cc(OC2CCN(C(=O)O)C2)ncc1[N+](=O)[O-]. The van der Waals surface area contributed by atoms with Crippen LogP contribution in [0.2, 0.25) is 0 Å². The first-order valence-corrected chi connectivity index (χ1v) is 5.73. The Morgan fingerprint density at radius 2 is 2.42 bits per heavy atom. The molecule has 0 spiro atoms. The van der Waals surface area contributed by atoms with Crippen molar-refractivity contribution in [1.82, 2.24) is 9.88 Å². The molecule has 2 heterocycles. The van der Waals surface area contributed by atoms with Gasteiger partial charge in [-0.25, -0.2) is 9.78 Å². The van der Waals surface area contributed by atoms with Gasteiger partial charge in [-0.1, -0.05) is 0 Å². The minimum atomic E-state index is -0.973. The average Bonchev–Trinajstić information content (AvgIpc) is 2.77. The van der Waals surface area contributed by atoms with Crippen molar-refractivity contribution in [2.45, 2.75) is 19.4 Å². The fourth-order valence-corrected chi connectivity index (χ4v) is 1.95. The van der Waals surface area contributed by atoms with Crippen LogP contribution >= 0.6 is 0 Å². The molecule has 1 aromatic heterocycles. The molecule has 8 nitrogen and oxygen atoms in total. The molecule has 1 N–H and O–H groups in total. The molecule has 0 saturated carbocycles. The van der Waals surface area contributed by atoms with Crippen LogP contribution in [0.1, 0.15) is 12.0 Å². The largest absolute Gasteiger partial charge is 0.472 e. The predicted molar refractivity (Wildman–Crippen MR) is 64.3 cm³/mol. The zero-order valence-electron chi connectivity index (χ0n) is 10.3. The third-order valence-corrected chi connectivity index (χ3v) is 2.96. The molecule has 1 aromatic rings. The lowest BCUT2D eigenvalue weighted by Crippen LogP contribution is -2.29. The molecule has 1 aliphatic heterocycles. The molecule has 1 aliphatic rings. The minimum absolute atomic E-state index is 0.0639. The first kappa shape index (κ1) is 13.1. The maximum atomic E-state index is 10.8. The van der Waals surface area contributed by atoms with E-state index in [1.54, 1.807) is 6.92 Å². The third kappa shape index (κ3) is 2.90. The molecule has 8 heteroatoms. The highest BCUT2D eigenvalue weighted by atomic mass is 16.6. The summed E-state index contributed by atoms with van der Waals surface area (Å²) >= 11 is 0. The highest BCUT2D eigenvalue weighted by Crippen LogP contribution is 2.22. The number of nitro groups is 1. The molecule has 0 radical (unpaired) electrons. The summed E-state index contributed by atoms with van der Waals surface area (Å²) in [5.41, 5.74) is 0.397. The van der Waals surface area contributed by atoms with Crippen molar-refractivity contribution < 1.29 is 19.6 Å². The van der Waals surface area contributed by atoms with Gasteiger partial charge in [0.25, 0.3) is 5.69 Å². The van der Waals surface area contributed by atoms with Gasteiger partial charge in [0.2, 0.25) is 5.88 Å². The van der Waals surface area contributed by atoms with Crippen LogP contribution in [0.15, 0.2) is 12.3 Å². The second-order valence-electron chi connectivity index (χ2n) is 4.32. The van der Waals surface area contributed by atoms with Crippen molar-refractivity contribution in [2.24, 2.45) is 0 Å². The fourth-order valence-electron chi connectivity index (χ4n) is 1.95. The molecule has 2 rings (SSSR count). The molecule has 0 aliphatic carbocycles. The van der Waals surface area contributed by atoms with Gasteiger partial charge in [-0.05, 0) is 6.92 Å².